The van der Waals surface area contributed by atoms with Gasteiger partial charge in [-0.15, -0.1) is 16.1 Å². The van der Waals surface area contributed by atoms with Crippen LogP contribution in [-0.4, -0.2) is 16.1 Å². The van der Waals surface area contributed by atoms with Crippen LogP contribution in [0.1, 0.15) is 0 Å². The van der Waals surface area contributed by atoms with E-state index < -0.39 is 16.1 Å². The number of hydrogen-bond acceptors (Lipinski definition) is 0. The first kappa shape index (κ1) is 22.7. The molecular formula is C17H29Si2Sm. The average Bonchev–Trinajstić information content (AvgIpc) is 2.93. The summed E-state index contributed by atoms with van der Waals surface area (Å²) in [5.74, 6) is 0. The fourth-order valence-electron chi connectivity index (χ4n) is 1.94. The number of hydrogen-bond donors (Lipinski definition) is 0. The van der Waals surface area contributed by atoms with Gasteiger partial charge in [-0.05, 0) is 0 Å². The van der Waals surface area contributed by atoms with Gasteiger partial charge in [-0.2, -0.15) is 36.4 Å². The summed E-state index contributed by atoms with van der Waals surface area (Å²) >= 11 is 0. The van der Waals surface area contributed by atoms with Crippen molar-refractivity contribution in [2.75, 3.05) is 0 Å². The van der Waals surface area contributed by atoms with E-state index in [0.29, 0.717) is 0 Å². The Bertz CT molecular complexity index is 291. The molecule has 2 rings (SSSR count). The third kappa shape index (κ3) is 20.8. The molecule has 0 N–H and O–H groups in total. The van der Waals surface area contributed by atoms with Crippen LogP contribution in [0, 0.1) is 46.1 Å². The molecule has 0 fully saturated rings. The maximum Gasteiger partial charge on any atom is 3.00 e. The van der Waals surface area contributed by atoms with Crippen LogP contribution < -0.4 is 0 Å². The first-order chi connectivity index (χ1) is 8.71. The summed E-state index contributed by atoms with van der Waals surface area (Å²) in [5.41, 5.74) is 2.65. The second-order valence-corrected chi connectivity index (χ2v) is 17.4. The SMILES string of the molecule is C[Si](C)(C)[CH-][Si](C)(C)C.[Sm+3].c1cc[cH-]c1.c1cc[cH-]c1. The van der Waals surface area contributed by atoms with Crippen molar-refractivity contribution in [1.82, 2.24) is 0 Å². The Kier molecular flexibility index (Phi) is 13.7. The predicted molar refractivity (Wildman–Crippen MR) is 95.1 cm³/mol. The van der Waals surface area contributed by atoms with Crippen molar-refractivity contribution in [3.8, 4) is 0 Å². The van der Waals surface area contributed by atoms with Gasteiger partial charge in [0.1, 0.15) is 0 Å². The Balaban J connectivity index is 0. The molecule has 1 radical (unpaired) electrons. The maximum absolute atomic E-state index is 2.65. The van der Waals surface area contributed by atoms with Gasteiger partial charge in [0.2, 0.25) is 0 Å². The number of rotatable bonds is 2. The van der Waals surface area contributed by atoms with Gasteiger partial charge in [-0.3, -0.25) is 0 Å². The van der Waals surface area contributed by atoms with Gasteiger partial charge in [0.25, 0.3) is 0 Å². The summed E-state index contributed by atoms with van der Waals surface area (Å²) in [5, 5.41) is 0. The van der Waals surface area contributed by atoms with E-state index in [4.69, 9.17) is 0 Å². The Hall–Kier alpha value is 0.471. The van der Waals surface area contributed by atoms with E-state index in [1.807, 2.05) is 60.7 Å². The van der Waals surface area contributed by atoms with E-state index in [1.165, 1.54) is 0 Å². The molecule has 0 nitrogen and oxygen atoms in total. The van der Waals surface area contributed by atoms with Gasteiger partial charge < -0.3 is 5.67 Å². The summed E-state index contributed by atoms with van der Waals surface area (Å²) in [7, 11) is -1.71. The second-order valence-electron chi connectivity index (χ2n) is 6.80. The van der Waals surface area contributed by atoms with Crippen LogP contribution >= 0.6 is 0 Å². The molecule has 2 aromatic carbocycles. The summed E-state index contributed by atoms with van der Waals surface area (Å²) < 4.78 is 0. The molecule has 0 spiro atoms. The molecule has 20 heavy (non-hydrogen) atoms. The molecule has 0 heterocycles. The molecule has 0 bridgehead atoms. The first-order valence-corrected chi connectivity index (χ1v) is 14.1. The van der Waals surface area contributed by atoms with Crippen LogP contribution in [0.5, 0.6) is 0 Å². The van der Waals surface area contributed by atoms with Crippen LogP contribution in [0.3, 0.4) is 0 Å². The molecule has 0 aliphatic carbocycles. The minimum absolute atomic E-state index is 0. The molecule has 0 saturated heterocycles. The van der Waals surface area contributed by atoms with Crippen LogP contribution in [-0.2, 0) is 0 Å². The van der Waals surface area contributed by atoms with Crippen LogP contribution in [0.25, 0.3) is 0 Å². The Morgan fingerprint density at radius 1 is 0.600 bits per heavy atom. The van der Waals surface area contributed by atoms with Crippen molar-refractivity contribution in [2.24, 2.45) is 0 Å². The van der Waals surface area contributed by atoms with Gasteiger partial charge in [-0.1, -0.05) is 39.3 Å². The normalized spacial score (nSPS) is 10.3. The van der Waals surface area contributed by atoms with Crippen molar-refractivity contribution in [3.05, 3.63) is 66.3 Å². The van der Waals surface area contributed by atoms with E-state index in [9.17, 15) is 0 Å². The van der Waals surface area contributed by atoms with Crippen molar-refractivity contribution < 1.29 is 40.4 Å². The molecule has 111 valence electrons. The quantitative estimate of drug-likeness (QED) is 0.412. The van der Waals surface area contributed by atoms with E-state index in [0.717, 1.165) is 0 Å². The standard InChI is InChI=1S/C7H19Si2.2C5H5.Sm/c1-8(2,3)7-9(4,5)6;2*1-2-4-5-3-1;/h7H,1-6H3;2*1-5H;/q3*-1;+3. The molecule has 0 unspecified atom stereocenters. The summed E-state index contributed by atoms with van der Waals surface area (Å²) in [6.45, 7) is 14.4. The molecule has 2 aromatic rings. The Morgan fingerprint density at radius 3 is 0.900 bits per heavy atom. The fourth-order valence-corrected chi connectivity index (χ4v) is 12.3. The van der Waals surface area contributed by atoms with Gasteiger partial charge in [0.05, 0.1) is 0 Å². The first-order valence-electron chi connectivity index (χ1n) is 6.91. The van der Waals surface area contributed by atoms with Crippen molar-refractivity contribution in [2.45, 2.75) is 39.3 Å². The van der Waals surface area contributed by atoms with Gasteiger partial charge >= 0.3 is 40.4 Å². The molecule has 0 saturated carbocycles. The second kappa shape index (κ2) is 12.1. The fraction of sp³-hybridized carbons (Fsp3) is 0.353. The zero-order valence-electron chi connectivity index (χ0n) is 13.8. The Labute approximate surface area is 160 Å². The van der Waals surface area contributed by atoms with E-state index in [2.05, 4.69) is 44.9 Å². The van der Waals surface area contributed by atoms with E-state index >= 15 is 0 Å². The molecule has 0 aromatic heterocycles. The zero-order valence-corrected chi connectivity index (χ0v) is 18.4. The minimum Gasteiger partial charge on any atom is -0.327 e. The van der Waals surface area contributed by atoms with Crippen molar-refractivity contribution >= 4 is 16.1 Å². The van der Waals surface area contributed by atoms with Gasteiger partial charge in [0.15, 0.2) is 0 Å². The maximum atomic E-state index is 2.65. The van der Waals surface area contributed by atoms with Gasteiger partial charge in [0, 0.05) is 0 Å². The molecule has 0 aliphatic heterocycles. The third-order valence-corrected chi connectivity index (χ3v) is 8.91. The van der Waals surface area contributed by atoms with E-state index in [1.54, 1.807) is 0 Å². The predicted octanol–water partition coefficient (Wildman–Crippen LogP) is 5.76. The largest absolute Gasteiger partial charge is 3.00 e. The third-order valence-electron chi connectivity index (χ3n) is 1.98. The molecule has 0 atom stereocenters. The summed E-state index contributed by atoms with van der Waals surface area (Å²) in [6, 6.07) is 20.0. The van der Waals surface area contributed by atoms with Crippen molar-refractivity contribution in [3.63, 3.8) is 0 Å². The summed E-state index contributed by atoms with van der Waals surface area (Å²) in [6.07, 6.45) is 0. The topological polar surface area (TPSA) is 0 Å². The van der Waals surface area contributed by atoms with Crippen LogP contribution in [0.4, 0.5) is 0 Å². The molecule has 3 heteroatoms. The molecule has 0 amide bonds. The molecular weight excluding hydrogens is 411 g/mol. The zero-order chi connectivity index (χ0) is 14.8. The van der Waals surface area contributed by atoms with E-state index in [-0.39, 0.29) is 40.4 Å². The molecule has 0 aliphatic rings. The van der Waals surface area contributed by atoms with Gasteiger partial charge in [-0.25, -0.2) is 24.3 Å². The summed E-state index contributed by atoms with van der Waals surface area (Å²) in [4.78, 5) is 0. The van der Waals surface area contributed by atoms with Crippen LogP contribution in [0.15, 0.2) is 60.7 Å². The van der Waals surface area contributed by atoms with Crippen molar-refractivity contribution in [1.29, 1.82) is 0 Å². The smallest absolute Gasteiger partial charge is 0.327 e. The van der Waals surface area contributed by atoms with Crippen LogP contribution in [0.2, 0.25) is 39.3 Å². The minimum atomic E-state index is -0.856. The monoisotopic (exact) mass is 441 g/mol. The Morgan fingerprint density at radius 2 is 0.850 bits per heavy atom. The average molecular weight is 440 g/mol.